The SMILES string of the molecule is COc1cc2c(cc1O)CCC1=C2CC[C@]2(C)C(=O)[C@@H](F)[C@@H]3C[C@@]132. The number of halogens is 1. The number of phenols is 1. The van der Waals surface area contributed by atoms with Crippen LogP contribution in [0.2, 0.25) is 0 Å². The predicted octanol–water partition coefficient (Wildman–Crippen LogP) is 3.83. The summed E-state index contributed by atoms with van der Waals surface area (Å²) >= 11 is 0. The lowest BCUT2D eigenvalue weighted by molar-refractivity contribution is -0.132. The van der Waals surface area contributed by atoms with Gasteiger partial charge in [-0.15, -0.1) is 0 Å². The number of allylic oxidation sites excluding steroid dienone is 2. The van der Waals surface area contributed by atoms with Crippen molar-refractivity contribution in [1.82, 2.24) is 0 Å². The molecule has 4 atom stereocenters. The molecule has 24 heavy (non-hydrogen) atoms. The van der Waals surface area contributed by atoms with E-state index < -0.39 is 11.6 Å². The fourth-order valence-electron chi connectivity index (χ4n) is 6.00. The van der Waals surface area contributed by atoms with Gasteiger partial charge in [0, 0.05) is 16.7 Å². The number of alkyl halides is 1. The van der Waals surface area contributed by atoms with Crippen molar-refractivity contribution >= 4 is 11.4 Å². The molecular weight excluding hydrogens is 307 g/mol. The number of ether oxygens (including phenoxy) is 1. The van der Waals surface area contributed by atoms with Crippen molar-refractivity contribution in [2.75, 3.05) is 7.11 Å². The summed E-state index contributed by atoms with van der Waals surface area (Å²) in [6, 6.07) is 3.71. The highest BCUT2D eigenvalue weighted by atomic mass is 19.1. The smallest absolute Gasteiger partial charge is 0.173 e. The van der Waals surface area contributed by atoms with E-state index in [-0.39, 0.29) is 22.9 Å². The van der Waals surface area contributed by atoms with Crippen molar-refractivity contribution < 1.29 is 19.0 Å². The molecule has 0 aromatic heterocycles. The highest BCUT2D eigenvalue weighted by Crippen LogP contribution is 2.79. The van der Waals surface area contributed by atoms with Crippen LogP contribution >= 0.6 is 0 Å². The first-order chi connectivity index (χ1) is 11.4. The summed E-state index contributed by atoms with van der Waals surface area (Å²) in [5.41, 5.74) is 4.09. The molecule has 0 radical (unpaired) electrons. The first kappa shape index (κ1) is 14.5. The average Bonchev–Trinajstić information content (AvgIpc) is 3.29. The number of aromatic hydroxyl groups is 1. The molecule has 1 N–H and O–H groups in total. The third-order valence-corrected chi connectivity index (χ3v) is 7.30. The van der Waals surface area contributed by atoms with E-state index in [1.54, 1.807) is 13.2 Å². The Hall–Kier alpha value is -1.84. The van der Waals surface area contributed by atoms with Crippen molar-refractivity contribution in [2.45, 2.75) is 45.2 Å². The van der Waals surface area contributed by atoms with Gasteiger partial charge in [-0.3, -0.25) is 4.79 Å². The maximum Gasteiger partial charge on any atom is 0.173 e. The van der Waals surface area contributed by atoms with Crippen LogP contribution in [0.3, 0.4) is 0 Å². The van der Waals surface area contributed by atoms with Crippen LogP contribution in [0.4, 0.5) is 4.39 Å². The molecule has 0 saturated heterocycles. The van der Waals surface area contributed by atoms with E-state index in [1.807, 2.05) is 13.0 Å². The van der Waals surface area contributed by atoms with Crippen molar-refractivity contribution in [3.8, 4) is 11.5 Å². The van der Waals surface area contributed by atoms with Gasteiger partial charge in [0.25, 0.3) is 0 Å². The van der Waals surface area contributed by atoms with E-state index in [2.05, 4.69) is 0 Å². The van der Waals surface area contributed by atoms with Gasteiger partial charge in [0.15, 0.2) is 23.5 Å². The highest BCUT2D eigenvalue weighted by molar-refractivity contribution is 5.97. The lowest BCUT2D eigenvalue weighted by Gasteiger charge is -2.43. The Morgan fingerprint density at radius 1 is 1.29 bits per heavy atom. The molecule has 126 valence electrons. The summed E-state index contributed by atoms with van der Waals surface area (Å²) in [4.78, 5) is 12.5. The van der Waals surface area contributed by atoms with Crippen LogP contribution in [0.5, 0.6) is 11.5 Å². The lowest BCUT2D eigenvalue weighted by Crippen LogP contribution is -2.40. The van der Waals surface area contributed by atoms with Crippen LogP contribution in [0.25, 0.3) is 5.57 Å². The lowest BCUT2D eigenvalue weighted by atomic mass is 9.59. The molecule has 0 unspecified atom stereocenters. The normalized spacial score (nSPS) is 39.0. The molecule has 0 heterocycles. The van der Waals surface area contributed by atoms with Gasteiger partial charge in [-0.1, -0.05) is 12.5 Å². The van der Waals surface area contributed by atoms with Crippen LogP contribution in [0, 0.1) is 16.7 Å². The number of hydrogen-bond acceptors (Lipinski definition) is 3. The summed E-state index contributed by atoms with van der Waals surface area (Å²) in [6.07, 6.45) is 2.78. The number of Topliss-reactive ketones (excluding diaryl/α,β-unsaturated/α-hetero) is 1. The molecule has 4 aliphatic carbocycles. The summed E-state index contributed by atoms with van der Waals surface area (Å²) in [5.74, 6) is 0.370. The van der Waals surface area contributed by atoms with Crippen molar-refractivity contribution in [3.05, 3.63) is 28.8 Å². The molecule has 0 bridgehead atoms. The second kappa shape index (κ2) is 4.22. The molecule has 0 amide bonds. The Morgan fingerprint density at radius 2 is 2.08 bits per heavy atom. The maximum absolute atomic E-state index is 14.5. The number of phenolic OH excluding ortho intramolecular Hbond substituents is 1. The van der Waals surface area contributed by atoms with Crippen LogP contribution < -0.4 is 4.74 Å². The third-order valence-electron chi connectivity index (χ3n) is 7.30. The molecule has 4 heteroatoms. The van der Waals surface area contributed by atoms with Gasteiger partial charge in [0.1, 0.15) is 0 Å². The van der Waals surface area contributed by atoms with Crippen LogP contribution in [0.15, 0.2) is 17.7 Å². The molecule has 1 aromatic carbocycles. The molecule has 1 spiro atoms. The maximum atomic E-state index is 14.5. The van der Waals surface area contributed by atoms with Crippen molar-refractivity contribution in [2.24, 2.45) is 16.7 Å². The van der Waals surface area contributed by atoms with Crippen molar-refractivity contribution in [3.63, 3.8) is 0 Å². The third kappa shape index (κ3) is 1.38. The van der Waals surface area contributed by atoms with Gasteiger partial charge in [-0.2, -0.15) is 0 Å². The summed E-state index contributed by atoms with van der Waals surface area (Å²) in [6.45, 7) is 1.99. The zero-order valence-corrected chi connectivity index (χ0v) is 14.0. The zero-order chi connectivity index (χ0) is 16.9. The molecule has 2 saturated carbocycles. The summed E-state index contributed by atoms with van der Waals surface area (Å²) in [5, 5.41) is 10.0. The molecule has 0 aliphatic heterocycles. The van der Waals surface area contributed by atoms with Crippen molar-refractivity contribution in [1.29, 1.82) is 0 Å². The molecule has 5 rings (SSSR count). The Labute approximate surface area is 140 Å². The van der Waals surface area contributed by atoms with Crippen LogP contribution in [0.1, 0.15) is 43.7 Å². The van der Waals surface area contributed by atoms with E-state index in [0.717, 1.165) is 43.2 Å². The minimum absolute atomic E-state index is 0.110. The zero-order valence-electron chi connectivity index (χ0n) is 14.0. The van der Waals surface area contributed by atoms with E-state index in [0.29, 0.717) is 5.75 Å². The van der Waals surface area contributed by atoms with Gasteiger partial charge in [-0.25, -0.2) is 4.39 Å². The van der Waals surface area contributed by atoms with E-state index in [9.17, 15) is 14.3 Å². The fraction of sp³-hybridized carbons (Fsp3) is 0.550. The number of rotatable bonds is 1. The summed E-state index contributed by atoms with van der Waals surface area (Å²) < 4.78 is 19.8. The Bertz CT molecular complexity index is 826. The number of methoxy groups -OCH3 is 1. The fourth-order valence-corrected chi connectivity index (χ4v) is 6.00. The molecule has 2 fully saturated rings. The highest BCUT2D eigenvalue weighted by Gasteiger charge is 2.79. The second-order valence-corrected chi connectivity index (χ2v) is 8.02. The van der Waals surface area contributed by atoms with E-state index in [1.165, 1.54) is 11.1 Å². The minimum atomic E-state index is -1.28. The average molecular weight is 328 g/mol. The van der Waals surface area contributed by atoms with Gasteiger partial charge in [0.2, 0.25) is 0 Å². The predicted molar refractivity (Wildman–Crippen MR) is 87.7 cm³/mol. The number of ketones is 1. The van der Waals surface area contributed by atoms with Gasteiger partial charge in [-0.05, 0) is 60.9 Å². The topological polar surface area (TPSA) is 46.5 Å². The quantitative estimate of drug-likeness (QED) is 0.852. The number of benzene rings is 1. The largest absolute Gasteiger partial charge is 0.504 e. The first-order valence-electron chi connectivity index (χ1n) is 8.75. The Morgan fingerprint density at radius 3 is 2.83 bits per heavy atom. The van der Waals surface area contributed by atoms with Gasteiger partial charge in [0.05, 0.1) is 7.11 Å². The number of aryl methyl sites for hydroxylation is 1. The van der Waals surface area contributed by atoms with Gasteiger partial charge >= 0.3 is 0 Å². The molecule has 3 nitrogen and oxygen atoms in total. The number of fused-ring (bicyclic) bond motifs is 2. The molecule has 1 aromatic rings. The summed E-state index contributed by atoms with van der Waals surface area (Å²) in [7, 11) is 1.55. The molecular formula is C20H21FO3. The van der Waals surface area contributed by atoms with Crippen LogP contribution in [-0.2, 0) is 11.2 Å². The van der Waals surface area contributed by atoms with Crippen LogP contribution in [-0.4, -0.2) is 24.2 Å². The minimum Gasteiger partial charge on any atom is -0.504 e. The van der Waals surface area contributed by atoms with E-state index >= 15 is 0 Å². The van der Waals surface area contributed by atoms with E-state index in [4.69, 9.17) is 4.74 Å². The number of carbonyl (C=O) groups is 1. The number of carbonyl (C=O) groups excluding carboxylic acids is 1. The monoisotopic (exact) mass is 328 g/mol. The second-order valence-electron chi connectivity index (χ2n) is 8.02. The Balaban J connectivity index is 1.71. The molecule has 4 aliphatic rings. The Kier molecular flexibility index (Phi) is 2.55. The standard InChI is InChI=1S/C20H21FO3/c1-19-6-5-11-12-8-16(24-2)15(22)7-10(12)3-4-13(11)20(19)9-14(20)17(21)18(19)23/h7-8,14,17,22H,3-6,9H2,1-2H3/t14-,17-,19+,20+/m0/s1. The van der Waals surface area contributed by atoms with Gasteiger partial charge < -0.3 is 9.84 Å². The number of hydrogen-bond donors (Lipinski definition) is 1. The first-order valence-corrected chi connectivity index (χ1v) is 8.75.